The van der Waals surface area contributed by atoms with Crippen LogP contribution in [0.2, 0.25) is 0 Å². The van der Waals surface area contributed by atoms with Gasteiger partial charge in [-0.05, 0) is 34.1 Å². The van der Waals surface area contributed by atoms with Gasteiger partial charge < -0.3 is 4.74 Å². The molecule has 0 aliphatic carbocycles. The Morgan fingerprint density at radius 1 is 1.48 bits per heavy atom. The quantitative estimate of drug-likeness (QED) is 0.805. The van der Waals surface area contributed by atoms with Crippen LogP contribution in [-0.2, 0) is 14.8 Å². The molecule has 0 amide bonds. The highest BCUT2D eigenvalue weighted by Crippen LogP contribution is 2.28. The smallest absolute Gasteiger partial charge is 0.358 e. The molecule has 0 unspecified atom stereocenters. The van der Waals surface area contributed by atoms with Gasteiger partial charge in [0.25, 0.3) is 10.0 Å². The van der Waals surface area contributed by atoms with E-state index < -0.39 is 21.8 Å². The molecule has 1 N–H and O–H groups in total. The molecule has 1 aromatic carbocycles. The molecule has 2 rings (SSSR count). The number of esters is 1. The van der Waals surface area contributed by atoms with Gasteiger partial charge >= 0.3 is 5.97 Å². The molecule has 112 valence electrons. The lowest BCUT2D eigenvalue weighted by molar-refractivity contribution is 0.0590. The zero-order chi connectivity index (χ0) is 15.6. The van der Waals surface area contributed by atoms with Crippen LogP contribution < -0.4 is 4.72 Å². The number of thiazole rings is 1. The average Bonchev–Trinajstić information content (AvgIpc) is 2.91. The van der Waals surface area contributed by atoms with Crippen molar-refractivity contribution in [2.75, 3.05) is 11.8 Å². The van der Waals surface area contributed by atoms with E-state index in [1.54, 1.807) is 0 Å². The highest BCUT2D eigenvalue weighted by atomic mass is 79.9. The van der Waals surface area contributed by atoms with Crippen molar-refractivity contribution in [2.24, 2.45) is 0 Å². The number of carbonyl (C=O) groups excluding carboxylic acids is 1. The number of hydrogen-bond donors (Lipinski definition) is 1. The van der Waals surface area contributed by atoms with E-state index in [-0.39, 0.29) is 20.1 Å². The summed E-state index contributed by atoms with van der Waals surface area (Å²) in [6, 6.07) is 3.48. The average molecular weight is 395 g/mol. The summed E-state index contributed by atoms with van der Waals surface area (Å²) < 4.78 is 44.2. The maximum Gasteiger partial charge on any atom is 0.358 e. The minimum absolute atomic E-state index is 0.139. The normalized spacial score (nSPS) is 11.2. The van der Waals surface area contributed by atoms with Crippen LogP contribution in [0.3, 0.4) is 0 Å². The zero-order valence-corrected chi connectivity index (χ0v) is 13.7. The van der Waals surface area contributed by atoms with Crippen molar-refractivity contribution >= 4 is 48.9 Å². The lowest BCUT2D eigenvalue weighted by atomic mass is 10.3. The van der Waals surface area contributed by atoms with Gasteiger partial charge in [0.05, 0.1) is 18.3 Å². The lowest BCUT2D eigenvalue weighted by Gasteiger charge is -2.09. The van der Waals surface area contributed by atoms with Crippen LogP contribution in [-0.4, -0.2) is 26.5 Å². The van der Waals surface area contributed by atoms with Crippen molar-refractivity contribution in [3.05, 3.63) is 39.7 Å². The standard InChI is InChI=1S/C11H8BrFN2O4S2/c1-19-10(16)9-11(20-5-14-9)21(17,18)15-8-3-2-6(13)4-7(8)12/h2-5,15H,1H3. The molecule has 0 aliphatic heterocycles. The summed E-state index contributed by atoms with van der Waals surface area (Å²) in [4.78, 5) is 15.2. The number of carbonyl (C=O) groups is 1. The molecule has 2 aromatic rings. The Morgan fingerprint density at radius 2 is 2.19 bits per heavy atom. The fraction of sp³-hybridized carbons (Fsp3) is 0.0909. The molecule has 0 radical (unpaired) electrons. The number of nitrogens with one attached hydrogen (secondary N) is 1. The summed E-state index contributed by atoms with van der Waals surface area (Å²) in [7, 11) is -2.91. The third kappa shape index (κ3) is 3.39. The predicted molar refractivity (Wildman–Crippen MR) is 78.4 cm³/mol. The van der Waals surface area contributed by atoms with Crippen molar-refractivity contribution in [1.29, 1.82) is 0 Å². The van der Waals surface area contributed by atoms with Crippen LogP contribution in [0.5, 0.6) is 0 Å². The minimum atomic E-state index is -4.04. The van der Waals surface area contributed by atoms with Gasteiger partial charge in [0.2, 0.25) is 0 Å². The molecule has 0 bridgehead atoms. The van der Waals surface area contributed by atoms with Crippen LogP contribution in [0.15, 0.2) is 32.4 Å². The third-order valence-electron chi connectivity index (χ3n) is 2.33. The van der Waals surface area contributed by atoms with E-state index in [0.29, 0.717) is 0 Å². The Balaban J connectivity index is 2.39. The molecule has 0 spiro atoms. The first-order valence-corrected chi connectivity index (χ1v) is 8.50. The Morgan fingerprint density at radius 3 is 2.81 bits per heavy atom. The van der Waals surface area contributed by atoms with Crippen molar-refractivity contribution in [3.63, 3.8) is 0 Å². The first-order valence-electron chi connectivity index (χ1n) is 5.35. The Kier molecular flexibility index (Phi) is 4.59. The molecule has 6 nitrogen and oxygen atoms in total. The highest BCUT2D eigenvalue weighted by Gasteiger charge is 2.27. The minimum Gasteiger partial charge on any atom is -0.464 e. The maximum atomic E-state index is 13.0. The van der Waals surface area contributed by atoms with E-state index in [9.17, 15) is 17.6 Å². The Hall–Kier alpha value is -1.52. The number of benzene rings is 1. The van der Waals surface area contributed by atoms with E-state index in [1.165, 1.54) is 11.6 Å². The van der Waals surface area contributed by atoms with Gasteiger partial charge in [-0.25, -0.2) is 22.6 Å². The number of aromatic nitrogens is 1. The van der Waals surface area contributed by atoms with E-state index >= 15 is 0 Å². The number of methoxy groups -OCH3 is 1. The van der Waals surface area contributed by atoms with Gasteiger partial charge in [0.1, 0.15) is 5.82 Å². The molecule has 0 fully saturated rings. The number of halogens is 2. The molecule has 0 saturated heterocycles. The number of hydrogen-bond acceptors (Lipinski definition) is 6. The van der Waals surface area contributed by atoms with Gasteiger partial charge in [-0.1, -0.05) is 0 Å². The predicted octanol–water partition coefficient (Wildman–Crippen LogP) is 2.63. The highest BCUT2D eigenvalue weighted by molar-refractivity contribution is 9.10. The van der Waals surface area contributed by atoms with Crippen molar-refractivity contribution in [1.82, 2.24) is 4.98 Å². The van der Waals surface area contributed by atoms with Gasteiger partial charge in [-0.2, -0.15) is 0 Å². The van der Waals surface area contributed by atoms with Gasteiger partial charge in [0.15, 0.2) is 9.90 Å². The first-order chi connectivity index (χ1) is 9.85. The fourth-order valence-corrected chi connectivity index (χ4v) is 4.22. The van der Waals surface area contributed by atoms with E-state index in [1.807, 2.05) is 0 Å². The first kappa shape index (κ1) is 15.9. The van der Waals surface area contributed by atoms with Crippen molar-refractivity contribution < 1.29 is 22.3 Å². The molecular weight excluding hydrogens is 387 g/mol. The second-order valence-corrected chi connectivity index (χ2v) is 7.30. The molecule has 21 heavy (non-hydrogen) atoms. The summed E-state index contributed by atoms with van der Waals surface area (Å²) in [5.74, 6) is -1.37. The summed E-state index contributed by atoms with van der Waals surface area (Å²) >= 11 is 3.83. The summed E-state index contributed by atoms with van der Waals surface area (Å²) in [6.07, 6.45) is 0. The maximum absolute atomic E-state index is 13.0. The summed E-state index contributed by atoms with van der Waals surface area (Å²) in [5, 5.41) is 0. The van der Waals surface area contributed by atoms with Crippen LogP contribution in [0.25, 0.3) is 0 Å². The summed E-state index contributed by atoms with van der Waals surface area (Å²) in [5.41, 5.74) is 1.06. The van der Waals surface area contributed by atoms with Gasteiger partial charge in [-0.3, -0.25) is 4.72 Å². The molecule has 10 heteroatoms. The molecule has 0 atom stereocenters. The number of ether oxygens (including phenoxy) is 1. The van der Waals surface area contributed by atoms with Gasteiger partial charge in [-0.15, -0.1) is 11.3 Å². The molecule has 0 saturated carbocycles. The SMILES string of the molecule is COC(=O)c1ncsc1S(=O)(=O)Nc1ccc(F)cc1Br. The van der Waals surface area contributed by atoms with E-state index in [4.69, 9.17) is 0 Å². The van der Waals surface area contributed by atoms with Crippen molar-refractivity contribution in [3.8, 4) is 0 Å². The largest absolute Gasteiger partial charge is 0.464 e. The second kappa shape index (κ2) is 6.08. The molecule has 1 aromatic heterocycles. The fourth-order valence-electron chi connectivity index (χ4n) is 1.42. The monoisotopic (exact) mass is 394 g/mol. The Bertz CT molecular complexity index is 791. The number of rotatable bonds is 4. The molecule has 1 heterocycles. The number of nitrogens with zero attached hydrogens (tertiary/aromatic N) is 1. The zero-order valence-electron chi connectivity index (χ0n) is 10.5. The van der Waals surface area contributed by atoms with Crippen molar-refractivity contribution in [2.45, 2.75) is 4.21 Å². The second-order valence-electron chi connectivity index (χ2n) is 3.71. The van der Waals surface area contributed by atoms with E-state index in [0.717, 1.165) is 30.6 Å². The number of sulfonamides is 1. The number of anilines is 1. The Labute approximate surface area is 132 Å². The van der Waals surface area contributed by atoms with Crippen LogP contribution in [0, 0.1) is 5.82 Å². The van der Waals surface area contributed by atoms with Crippen LogP contribution in [0.1, 0.15) is 10.5 Å². The van der Waals surface area contributed by atoms with Gasteiger partial charge in [0, 0.05) is 4.47 Å². The van der Waals surface area contributed by atoms with E-state index in [2.05, 4.69) is 30.4 Å². The lowest BCUT2D eigenvalue weighted by Crippen LogP contribution is -2.16. The molecule has 0 aliphatic rings. The topological polar surface area (TPSA) is 85.4 Å². The molecular formula is C11H8BrFN2O4S2. The van der Waals surface area contributed by atoms with Crippen LogP contribution in [0.4, 0.5) is 10.1 Å². The van der Waals surface area contributed by atoms with Crippen LogP contribution >= 0.6 is 27.3 Å². The summed E-state index contributed by atoms with van der Waals surface area (Å²) in [6.45, 7) is 0. The third-order valence-corrected chi connectivity index (χ3v) is 5.72.